The van der Waals surface area contributed by atoms with Crippen molar-refractivity contribution in [2.45, 2.75) is 25.7 Å². The zero-order valence-electron chi connectivity index (χ0n) is 6.29. The van der Waals surface area contributed by atoms with Gasteiger partial charge in [-0.25, -0.2) is 0 Å². The molecule has 2 atom stereocenters. The second-order valence-corrected chi connectivity index (χ2v) is 3.38. The van der Waals surface area contributed by atoms with Crippen molar-refractivity contribution in [1.82, 2.24) is 0 Å². The third-order valence-electron chi connectivity index (χ3n) is 2.70. The maximum absolute atomic E-state index is 2.38. The Morgan fingerprint density at radius 3 is 1.80 bits per heavy atom. The van der Waals surface area contributed by atoms with Crippen molar-refractivity contribution in [2.75, 3.05) is 0 Å². The second kappa shape index (κ2) is 2.61. The largest absolute Gasteiger partial charge is 0.0808 e. The van der Waals surface area contributed by atoms with E-state index in [1.54, 1.807) is 0 Å². The lowest BCUT2D eigenvalue weighted by Crippen LogP contribution is -2.16. The summed E-state index contributed by atoms with van der Waals surface area (Å²) in [6.45, 7) is 0. The summed E-state index contributed by atoms with van der Waals surface area (Å²) in [6.07, 6.45) is 14.9. The third kappa shape index (κ3) is 1.03. The average molecular weight is 134 g/mol. The van der Waals surface area contributed by atoms with E-state index in [2.05, 4.69) is 24.3 Å². The van der Waals surface area contributed by atoms with Gasteiger partial charge in [-0.2, -0.15) is 0 Å². The number of allylic oxidation sites excluding steroid dienone is 4. The third-order valence-corrected chi connectivity index (χ3v) is 2.70. The Hall–Kier alpha value is -0.520. The summed E-state index contributed by atoms with van der Waals surface area (Å²) in [7, 11) is 0. The molecule has 1 fully saturated rings. The van der Waals surface area contributed by atoms with Crippen molar-refractivity contribution in [2.24, 2.45) is 11.8 Å². The van der Waals surface area contributed by atoms with Crippen LogP contribution in [0.15, 0.2) is 24.3 Å². The molecule has 0 amide bonds. The van der Waals surface area contributed by atoms with Gasteiger partial charge >= 0.3 is 0 Å². The lowest BCUT2D eigenvalue weighted by molar-refractivity contribution is 0.335. The highest BCUT2D eigenvalue weighted by Gasteiger charge is 2.21. The fourth-order valence-corrected chi connectivity index (χ4v) is 2.08. The topological polar surface area (TPSA) is 0 Å². The summed E-state index contributed by atoms with van der Waals surface area (Å²) in [4.78, 5) is 0. The minimum Gasteiger partial charge on any atom is -0.0808 e. The first-order chi connectivity index (χ1) is 4.97. The van der Waals surface area contributed by atoms with Gasteiger partial charge in [0, 0.05) is 0 Å². The number of hydrogen-bond donors (Lipinski definition) is 0. The van der Waals surface area contributed by atoms with E-state index in [1.165, 1.54) is 25.7 Å². The fraction of sp³-hybridized carbons (Fsp3) is 0.600. The van der Waals surface area contributed by atoms with Crippen molar-refractivity contribution >= 4 is 0 Å². The monoisotopic (exact) mass is 134 g/mol. The molecule has 0 aromatic heterocycles. The Bertz CT molecular complexity index is 145. The first-order valence-corrected chi connectivity index (χ1v) is 4.32. The quantitative estimate of drug-likeness (QED) is 0.478. The van der Waals surface area contributed by atoms with Gasteiger partial charge in [-0.1, -0.05) is 37.1 Å². The molecule has 0 saturated heterocycles. The highest BCUT2D eigenvalue weighted by Crippen LogP contribution is 2.33. The van der Waals surface area contributed by atoms with Gasteiger partial charge in [-0.15, -0.1) is 0 Å². The first kappa shape index (κ1) is 6.21. The second-order valence-electron chi connectivity index (χ2n) is 3.38. The molecule has 0 heterocycles. The lowest BCUT2D eigenvalue weighted by atomic mass is 9.77. The summed E-state index contributed by atoms with van der Waals surface area (Å²) in [5.41, 5.74) is 0. The van der Waals surface area contributed by atoms with Crippen LogP contribution >= 0.6 is 0 Å². The van der Waals surface area contributed by atoms with Crippen LogP contribution in [0.5, 0.6) is 0 Å². The van der Waals surface area contributed by atoms with Crippen molar-refractivity contribution in [3.05, 3.63) is 24.3 Å². The normalized spacial score (nSPS) is 37.6. The molecular formula is C10H14. The molecule has 10 heavy (non-hydrogen) atoms. The maximum atomic E-state index is 2.38. The SMILES string of the molecule is C1=C[C@@H]2CCCC[C@@H]2C=C1. The standard InChI is InChI=1S/C10H14/c1-2-6-10-8-4-3-7-9(10)5-1/h1-2,5-6,9-10H,3-4,7-8H2/t9-,10+. The zero-order chi connectivity index (χ0) is 6.81. The Balaban J connectivity index is 2.09. The van der Waals surface area contributed by atoms with E-state index in [9.17, 15) is 0 Å². The fourth-order valence-electron chi connectivity index (χ4n) is 2.08. The molecule has 0 bridgehead atoms. The van der Waals surface area contributed by atoms with E-state index in [4.69, 9.17) is 0 Å². The van der Waals surface area contributed by atoms with Crippen LogP contribution in [0.1, 0.15) is 25.7 Å². The summed E-state index contributed by atoms with van der Waals surface area (Å²) >= 11 is 0. The van der Waals surface area contributed by atoms with Gasteiger partial charge in [-0.05, 0) is 24.7 Å². The molecule has 0 aliphatic heterocycles. The maximum Gasteiger partial charge on any atom is -0.0167 e. The van der Waals surface area contributed by atoms with E-state index in [-0.39, 0.29) is 0 Å². The van der Waals surface area contributed by atoms with Crippen LogP contribution in [0.25, 0.3) is 0 Å². The summed E-state index contributed by atoms with van der Waals surface area (Å²) in [6, 6.07) is 0. The number of hydrogen-bond acceptors (Lipinski definition) is 0. The van der Waals surface area contributed by atoms with Crippen molar-refractivity contribution in [3.63, 3.8) is 0 Å². The van der Waals surface area contributed by atoms with Gasteiger partial charge in [0.25, 0.3) is 0 Å². The molecule has 2 rings (SSSR count). The Kier molecular flexibility index (Phi) is 1.62. The van der Waals surface area contributed by atoms with E-state index in [0.717, 1.165) is 11.8 Å². The van der Waals surface area contributed by atoms with E-state index in [0.29, 0.717) is 0 Å². The predicted octanol–water partition coefficient (Wildman–Crippen LogP) is 2.92. The molecule has 0 spiro atoms. The van der Waals surface area contributed by atoms with Crippen molar-refractivity contribution in [1.29, 1.82) is 0 Å². The number of fused-ring (bicyclic) bond motifs is 1. The lowest BCUT2D eigenvalue weighted by Gasteiger charge is -2.28. The summed E-state index contributed by atoms with van der Waals surface area (Å²) in [5, 5.41) is 0. The van der Waals surface area contributed by atoms with Crippen LogP contribution in [-0.2, 0) is 0 Å². The van der Waals surface area contributed by atoms with E-state index >= 15 is 0 Å². The molecule has 0 N–H and O–H groups in total. The minimum atomic E-state index is 0.888. The molecule has 0 radical (unpaired) electrons. The van der Waals surface area contributed by atoms with E-state index in [1.807, 2.05) is 0 Å². The van der Waals surface area contributed by atoms with Crippen molar-refractivity contribution < 1.29 is 0 Å². The van der Waals surface area contributed by atoms with Crippen molar-refractivity contribution in [3.8, 4) is 0 Å². The van der Waals surface area contributed by atoms with E-state index < -0.39 is 0 Å². The molecule has 0 aromatic carbocycles. The van der Waals surface area contributed by atoms with Gasteiger partial charge in [0.1, 0.15) is 0 Å². The zero-order valence-corrected chi connectivity index (χ0v) is 6.29. The molecule has 1 saturated carbocycles. The van der Waals surface area contributed by atoms with Gasteiger partial charge in [0.05, 0.1) is 0 Å². The van der Waals surface area contributed by atoms with Crippen LogP contribution in [0.3, 0.4) is 0 Å². The average Bonchev–Trinajstić information content (AvgIpc) is 2.05. The Labute approximate surface area is 62.6 Å². The first-order valence-electron chi connectivity index (χ1n) is 4.32. The molecule has 2 aliphatic carbocycles. The summed E-state index contributed by atoms with van der Waals surface area (Å²) in [5.74, 6) is 1.78. The predicted molar refractivity (Wildman–Crippen MR) is 43.7 cm³/mol. The highest BCUT2D eigenvalue weighted by atomic mass is 14.3. The van der Waals surface area contributed by atoms with Gasteiger partial charge in [0.15, 0.2) is 0 Å². The van der Waals surface area contributed by atoms with Gasteiger partial charge in [-0.3, -0.25) is 0 Å². The smallest absolute Gasteiger partial charge is 0.0167 e. The molecule has 54 valence electrons. The Morgan fingerprint density at radius 2 is 1.30 bits per heavy atom. The molecular weight excluding hydrogens is 120 g/mol. The Morgan fingerprint density at radius 1 is 0.800 bits per heavy atom. The highest BCUT2D eigenvalue weighted by molar-refractivity contribution is 5.14. The van der Waals surface area contributed by atoms with Gasteiger partial charge in [0.2, 0.25) is 0 Å². The summed E-state index contributed by atoms with van der Waals surface area (Å²) < 4.78 is 0. The molecule has 0 unspecified atom stereocenters. The van der Waals surface area contributed by atoms with Crippen LogP contribution in [0.4, 0.5) is 0 Å². The number of rotatable bonds is 0. The van der Waals surface area contributed by atoms with Gasteiger partial charge < -0.3 is 0 Å². The van der Waals surface area contributed by atoms with Crippen LogP contribution < -0.4 is 0 Å². The van der Waals surface area contributed by atoms with Crippen LogP contribution in [0.2, 0.25) is 0 Å². The van der Waals surface area contributed by atoms with Crippen LogP contribution in [-0.4, -0.2) is 0 Å². The van der Waals surface area contributed by atoms with Crippen LogP contribution in [0, 0.1) is 11.8 Å². The molecule has 0 nitrogen and oxygen atoms in total. The minimum absolute atomic E-state index is 0.888. The molecule has 2 aliphatic rings. The molecule has 0 heteroatoms. The molecule has 0 aromatic rings.